The van der Waals surface area contributed by atoms with Crippen LogP contribution in [-0.4, -0.2) is 33.0 Å². The second kappa shape index (κ2) is 6.12. The first-order valence-electron chi connectivity index (χ1n) is 7.89. The SMILES string of the molecule is O=C1Nc2ccccc2N2CC(NS(=O)(=O)c3ccccc3Br)CC12. The fraction of sp³-hybridized carbons (Fsp3) is 0.235. The van der Waals surface area contributed by atoms with Crippen LogP contribution < -0.4 is 14.9 Å². The Morgan fingerprint density at radius 1 is 1.12 bits per heavy atom. The van der Waals surface area contributed by atoms with Gasteiger partial charge in [-0.3, -0.25) is 4.79 Å². The van der Waals surface area contributed by atoms with Crippen molar-refractivity contribution in [1.82, 2.24) is 4.72 Å². The van der Waals surface area contributed by atoms with E-state index >= 15 is 0 Å². The van der Waals surface area contributed by atoms with Crippen LogP contribution in [0.25, 0.3) is 0 Å². The van der Waals surface area contributed by atoms with Crippen LogP contribution in [-0.2, 0) is 14.8 Å². The minimum absolute atomic E-state index is 0.0960. The minimum Gasteiger partial charge on any atom is -0.356 e. The first kappa shape index (κ1) is 16.6. The molecule has 2 aromatic rings. The third-order valence-corrected chi connectivity index (χ3v) is 7.06. The van der Waals surface area contributed by atoms with Crippen molar-refractivity contribution in [3.05, 3.63) is 53.0 Å². The van der Waals surface area contributed by atoms with E-state index in [0.717, 1.165) is 11.4 Å². The Balaban J connectivity index is 1.59. The van der Waals surface area contributed by atoms with Gasteiger partial charge in [0.25, 0.3) is 0 Å². The van der Waals surface area contributed by atoms with Gasteiger partial charge in [0.1, 0.15) is 6.04 Å². The van der Waals surface area contributed by atoms with Crippen molar-refractivity contribution in [1.29, 1.82) is 0 Å². The molecule has 1 amide bonds. The zero-order chi connectivity index (χ0) is 17.6. The van der Waals surface area contributed by atoms with Crippen molar-refractivity contribution in [2.75, 3.05) is 16.8 Å². The van der Waals surface area contributed by atoms with Crippen molar-refractivity contribution < 1.29 is 13.2 Å². The number of halogens is 1. The number of carbonyl (C=O) groups excluding carboxylic acids is 1. The predicted molar refractivity (Wildman–Crippen MR) is 99.1 cm³/mol. The van der Waals surface area contributed by atoms with Gasteiger partial charge < -0.3 is 10.2 Å². The van der Waals surface area contributed by atoms with Crippen molar-refractivity contribution in [3.63, 3.8) is 0 Å². The van der Waals surface area contributed by atoms with E-state index in [1.54, 1.807) is 24.3 Å². The summed E-state index contributed by atoms with van der Waals surface area (Å²) in [6, 6.07) is 13.6. The summed E-state index contributed by atoms with van der Waals surface area (Å²) in [6.45, 7) is 0.457. The molecule has 0 saturated carbocycles. The van der Waals surface area contributed by atoms with E-state index in [0.29, 0.717) is 17.4 Å². The number of carbonyl (C=O) groups is 1. The Morgan fingerprint density at radius 2 is 1.84 bits per heavy atom. The zero-order valence-corrected chi connectivity index (χ0v) is 15.5. The molecule has 0 radical (unpaired) electrons. The Kier molecular flexibility index (Phi) is 4.05. The number of para-hydroxylation sites is 2. The number of hydrogen-bond donors (Lipinski definition) is 2. The van der Waals surface area contributed by atoms with Crippen LogP contribution in [0.3, 0.4) is 0 Å². The molecular formula is C17H16BrN3O3S. The van der Waals surface area contributed by atoms with E-state index in [9.17, 15) is 13.2 Å². The van der Waals surface area contributed by atoms with Gasteiger partial charge in [0.2, 0.25) is 15.9 Å². The van der Waals surface area contributed by atoms with Crippen LogP contribution in [0.1, 0.15) is 6.42 Å². The molecule has 2 aliphatic rings. The van der Waals surface area contributed by atoms with Crippen molar-refractivity contribution in [3.8, 4) is 0 Å². The highest BCUT2D eigenvalue weighted by molar-refractivity contribution is 9.10. The third-order valence-electron chi connectivity index (χ3n) is 4.52. The minimum atomic E-state index is -3.67. The van der Waals surface area contributed by atoms with Gasteiger partial charge in [-0.1, -0.05) is 24.3 Å². The predicted octanol–water partition coefficient (Wildman–Crippen LogP) is 2.33. The summed E-state index contributed by atoms with van der Waals surface area (Å²) in [5.74, 6) is -0.0960. The number of rotatable bonds is 3. The first-order chi connectivity index (χ1) is 12.0. The summed E-state index contributed by atoms with van der Waals surface area (Å²) in [7, 11) is -3.67. The summed E-state index contributed by atoms with van der Waals surface area (Å²) in [6.07, 6.45) is 0.434. The van der Waals surface area contributed by atoms with Crippen LogP contribution in [0.15, 0.2) is 57.9 Å². The second-order valence-corrected chi connectivity index (χ2v) is 8.70. The molecule has 25 heavy (non-hydrogen) atoms. The molecule has 2 aromatic carbocycles. The number of anilines is 2. The quantitative estimate of drug-likeness (QED) is 0.796. The van der Waals surface area contributed by atoms with Crippen LogP contribution in [0.5, 0.6) is 0 Å². The molecule has 4 rings (SSSR count). The number of fused-ring (bicyclic) bond motifs is 3. The van der Waals surface area contributed by atoms with E-state index < -0.39 is 10.0 Å². The zero-order valence-electron chi connectivity index (χ0n) is 13.1. The molecule has 0 spiro atoms. The maximum atomic E-state index is 12.7. The average Bonchev–Trinajstić information content (AvgIpc) is 2.99. The highest BCUT2D eigenvalue weighted by Crippen LogP contribution is 2.36. The van der Waals surface area contributed by atoms with Crippen LogP contribution in [0.2, 0.25) is 0 Å². The highest BCUT2D eigenvalue weighted by Gasteiger charge is 2.42. The lowest BCUT2D eigenvalue weighted by Crippen LogP contribution is -2.44. The summed E-state index contributed by atoms with van der Waals surface area (Å²) in [5.41, 5.74) is 1.69. The first-order valence-corrected chi connectivity index (χ1v) is 10.2. The van der Waals surface area contributed by atoms with Gasteiger partial charge in [0.05, 0.1) is 16.3 Å². The smallest absolute Gasteiger partial charge is 0.247 e. The number of nitrogens with zero attached hydrogens (tertiary/aromatic N) is 1. The molecule has 0 aliphatic carbocycles. The molecule has 0 bridgehead atoms. The molecule has 6 nitrogen and oxygen atoms in total. The van der Waals surface area contributed by atoms with Gasteiger partial charge in [0, 0.05) is 17.1 Å². The summed E-state index contributed by atoms with van der Waals surface area (Å²) >= 11 is 3.28. The van der Waals surface area contributed by atoms with Crippen LogP contribution in [0.4, 0.5) is 11.4 Å². The summed E-state index contributed by atoms with van der Waals surface area (Å²) in [4.78, 5) is 14.5. The maximum absolute atomic E-state index is 12.7. The van der Waals surface area contributed by atoms with Gasteiger partial charge in [-0.2, -0.15) is 0 Å². The van der Waals surface area contributed by atoms with Gasteiger partial charge >= 0.3 is 0 Å². The molecule has 2 heterocycles. The topological polar surface area (TPSA) is 78.5 Å². The lowest BCUT2D eigenvalue weighted by atomic mass is 10.1. The number of amides is 1. The molecule has 8 heteroatoms. The normalized spacial score (nSPS) is 22.3. The average molecular weight is 422 g/mol. The van der Waals surface area contributed by atoms with Crippen molar-refractivity contribution >= 4 is 43.2 Å². The Labute approximate surface area is 154 Å². The van der Waals surface area contributed by atoms with Crippen molar-refractivity contribution in [2.24, 2.45) is 0 Å². The third kappa shape index (κ3) is 2.94. The molecule has 1 fully saturated rings. The van der Waals surface area contributed by atoms with Gasteiger partial charge in [-0.15, -0.1) is 0 Å². The lowest BCUT2D eigenvalue weighted by molar-refractivity contribution is -0.117. The number of benzene rings is 2. The number of hydrogen-bond acceptors (Lipinski definition) is 4. The molecular weight excluding hydrogens is 406 g/mol. The second-order valence-electron chi connectivity index (χ2n) is 6.16. The molecule has 0 aromatic heterocycles. The van der Waals surface area contributed by atoms with Crippen LogP contribution >= 0.6 is 15.9 Å². The Bertz CT molecular complexity index is 948. The summed E-state index contributed by atoms with van der Waals surface area (Å²) < 4.78 is 28.6. The highest BCUT2D eigenvalue weighted by atomic mass is 79.9. The lowest BCUT2D eigenvalue weighted by Gasteiger charge is -2.32. The largest absolute Gasteiger partial charge is 0.356 e. The molecule has 130 valence electrons. The fourth-order valence-corrected chi connectivity index (χ4v) is 5.67. The van der Waals surface area contributed by atoms with E-state index in [1.165, 1.54) is 0 Å². The van der Waals surface area contributed by atoms with E-state index in [1.807, 2.05) is 29.2 Å². The summed E-state index contributed by atoms with van der Waals surface area (Å²) in [5, 5.41) is 2.89. The van der Waals surface area contributed by atoms with E-state index in [-0.39, 0.29) is 22.9 Å². The number of nitrogens with one attached hydrogen (secondary N) is 2. The maximum Gasteiger partial charge on any atom is 0.247 e. The standard InChI is InChI=1S/C17H16BrN3O3S/c18-12-5-1-4-8-16(12)25(23,24)20-11-9-15-17(22)19-13-6-2-3-7-14(13)21(15)10-11/h1-8,11,15,20H,9-10H2,(H,19,22). The molecule has 2 aliphatic heterocycles. The van der Waals surface area contributed by atoms with Crippen LogP contribution in [0, 0.1) is 0 Å². The molecule has 2 atom stereocenters. The van der Waals surface area contributed by atoms with Gasteiger partial charge in [0.15, 0.2) is 0 Å². The Hall–Kier alpha value is -1.90. The van der Waals surface area contributed by atoms with E-state index in [4.69, 9.17) is 0 Å². The van der Waals surface area contributed by atoms with E-state index in [2.05, 4.69) is 26.0 Å². The molecule has 2 unspecified atom stereocenters. The monoisotopic (exact) mass is 421 g/mol. The Morgan fingerprint density at radius 3 is 2.64 bits per heavy atom. The number of sulfonamides is 1. The van der Waals surface area contributed by atoms with Crippen molar-refractivity contribution in [2.45, 2.75) is 23.4 Å². The molecule has 1 saturated heterocycles. The fourth-order valence-electron chi connectivity index (χ4n) is 3.43. The van der Waals surface area contributed by atoms with Gasteiger partial charge in [-0.05, 0) is 46.6 Å². The van der Waals surface area contributed by atoms with Gasteiger partial charge in [-0.25, -0.2) is 13.1 Å². The molecule has 2 N–H and O–H groups in total.